The Bertz CT molecular complexity index is 671. The third-order valence-electron chi connectivity index (χ3n) is 4.21. The van der Waals surface area contributed by atoms with E-state index in [1.54, 1.807) is 4.90 Å². The number of carbonyl (C=O) groups is 2. The zero-order valence-electron chi connectivity index (χ0n) is 13.1. The van der Waals surface area contributed by atoms with Crippen molar-refractivity contribution in [3.63, 3.8) is 0 Å². The van der Waals surface area contributed by atoms with Crippen LogP contribution in [-0.2, 0) is 15.8 Å². The molecule has 0 radical (unpaired) electrons. The predicted molar refractivity (Wildman–Crippen MR) is 82.5 cm³/mol. The number of hydrogen-bond donors (Lipinski definition) is 2. The first kappa shape index (κ1) is 16.6. The van der Waals surface area contributed by atoms with Crippen LogP contribution in [0.2, 0.25) is 0 Å². The first-order valence-corrected chi connectivity index (χ1v) is 7.81. The monoisotopic (exact) mass is 341 g/mol. The SMILES string of the molecule is CC(=O)Nc1ccc(C(F)(F)F)cc1N[C@H]1CCN(C2CC2)C1=O. The molecule has 1 saturated carbocycles. The number of alkyl halides is 3. The van der Waals surface area contributed by atoms with Crippen LogP contribution in [0.25, 0.3) is 0 Å². The summed E-state index contributed by atoms with van der Waals surface area (Å²) < 4.78 is 38.8. The highest BCUT2D eigenvalue weighted by Gasteiger charge is 2.40. The number of benzene rings is 1. The van der Waals surface area contributed by atoms with Gasteiger partial charge in [-0.3, -0.25) is 9.59 Å². The maximum Gasteiger partial charge on any atom is 0.416 e. The summed E-state index contributed by atoms with van der Waals surface area (Å²) in [6.07, 6.45) is -1.99. The number of nitrogens with zero attached hydrogens (tertiary/aromatic N) is 1. The average Bonchev–Trinajstić information content (AvgIpc) is 3.25. The normalized spacial score (nSPS) is 21.1. The molecule has 1 heterocycles. The van der Waals surface area contributed by atoms with Gasteiger partial charge in [0, 0.05) is 19.5 Å². The molecule has 1 atom stereocenters. The summed E-state index contributed by atoms with van der Waals surface area (Å²) >= 11 is 0. The number of rotatable bonds is 4. The molecule has 1 saturated heterocycles. The van der Waals surface area contributed by atoms with Crippen molar-refractivity contribution in [2.75, 3.05) is 17.2 Å². The van der Waals surface area contributed by atoms with Gasteiger partial charge in [0.1, 0.15) is 6.04 Å². The van der Waals surface area contributed by atoms with Crippen molar-refractivity contribution >= 4 is 23.2 Å². The second-order valence-electron chi connectivity index (χ2n) is 6.19. The second-order valence-corrected chi connectivity index (χ2v) is 6.19. The first-order chi connectivity index (χ1) is 11.3. The lowest BCUT2D eigenvalue weighted by atomic mass is 10.1. The van der Waals surface area contributed by atoms with E-state index in [-0.39, 0.29) is 23.3 Å². The van der Waals surface area contributed by atoms with Gasteiger partial charge in [-0.1, -0.05) is 0 Å². The van der Waals surface area contributed by atoms with Gasteiger partial charge in [0.25, 0.3) is 0 Å². The van der Waals surface area contributed by atoms with Crippen LogP contribution in [0.5, 0.6) is 0 Å². The van der Waals surface area contributed by atoms with E-state index in [1.165, 1.54) is 13.0 Å². The van der Waals surface area contributed by atoms with Gasteiger partial charge in [-0.05, 0) is 37.5 Å². The van der Waals surface area contributed by atoms with Crippen LogP contribution >= 0.6 is 0 Å². The van der Waals surface area contributed by atoms with Gasteiger partial charge < -0.3 is 15.5 Å². The molecule has 2 amide bonds. The molecule has 0 unspecified atom stereocenters. The lowest BCUT2D eigenvalue weighted by molar-refractivity contribution is -0.137. The number of hydrogen-bond acceptors (Lipinski definition) is 3. The molecule has 0 aromatic heterocycles. The molecule has 1 aliphatic heterocycles. The molecule has 0 spiro atoms. The van der Waals surface area contributed by atoms with Crippen molar-refractivity contribution in [1.82, 2.24) is 4.90 Å². The van der Waals surface area contributed by atoms with Crippen molar-refractivity contribution in [1.29, 1.82) is 0 Å². The molecule has 8 heteroatoms. The topological polar surface area (TPSA) is 61.4 Å². The van der Waals surface area contributed by atoms with Crippen molar-refractivity contribution in [3.8, 4) is 0 Å². The highest BCUT2D eigenvalue weighted by molar-refractivity contribution is 5.94. The molecule has 2 aliphatic rings. The summed E-state index contributed by atoms with van der Waals surface area (Å²) in [5.74, 6) is -0.487. The number of nitrogens with one attached hydrogen (secondary N) is 2. The largest absolute Gasteiger partial charge is 0.416 e. The highest BCUT2D eigenvalue weighted by atomic mass is 19.4. The third kappa shape index (κ3) is 3.47. The summed E-state index contributed by atoms with van der Waals surface area (Å²) in [5.41, 5.74) is -0.493. The number of carbonyl (C=O) groups excluding carboxylic acids is 2. The molecule has 130 valence electrons. The maximum absolute atomic E-state index is 12.9. The number of amides is 2. The number of halogens is 3. The van der Waals surface area contributed by atoms with Gasteiger partial charge in [0.05, 0.1) is 16.9 Å². The molecule has 3 rings (SSSR count). The summed E-state index contributed by atoms with van der Waals surface area (Å²) in [4.78, 5) is 25.4. The molecule has 0 bridgehead atoms. The van der Waals surface area contributed by atoms with Crippen molar-refractivity contribution in [3.05, 3.63) is 23.8 Å². The van der Waals surface area contributed by atoms with Crippen LogP contribution in [0.3, 0.4) is 0 Å². The summed E-state index contributed by atoms with van der Waals surface area (Å²) in [6.45, 7) is 1.88. The first-order valence-electron chi connectivity index (χ1n) is 7.81. The van der Waals surface area contributed by atoms with Gasteiger partial charge in [-0.15, -0.1) is 0 Å². The minimum absolute atomic E-state index is 0.0938. The Morgan fingerprint density at radius 3 is 2.50 bits per heavy atom. The molecule has 2 fully saturated rings. The summed E-state index contributed by atoms with van der Waals surface area (Å²) in [5, 5.41) is 5.38. The Labute approximate surface area is 137 Å². The van der Waals surface area contributed by atoms with Crippen LogP contribution in [0.15, 0.2) is 18.2 Å². The molecule has 1 aromatic rings. The standard InChI is InChI=1S/C16H18F3N3O2/c1-9(23)20-12-5-2-10(16(17,18)19)8-14(12)21-13-6-7-22(15(13)24)11-3-4-11/h2,5,8,11,13,21H,3-4,6-7H2,1H3,(H,20,23)/t13-/m0/s1. The van der Waals surface area contributed by atoms with Gasteiger partial charge >= 0.3 is 6.18 Å². The Balaban J connectivity index is 1.84. The average molecular weight is 341 g/mol. The smallest absolute Gasteiger partial charge is 0.372 e. The third-order valence-corrected chi connectivity index (χ3v) is 4.21. The quantitative estimate of drug-likeness (QED) is 0.885. The van der Waals surface area contributed by atoms with E-state index in [9.17, 15) is 22.8 Å². The van der Waals surface area contributed by atoms with E-state index in [0.717, 1.165) is 25.0 Å². The molecule has 1 aromatic carbocycles. The predicted octanol–water partition coefficient (Wildman–Crippen LogP) is 2.84. The zero-order valence-corrected chi connectivity index (χ0v) is 13.1. The van der Waals surface area contributed by atoms with Crippen LogP contribution in [0, 0.1) is 0 Å². The highest BCUT2D eigenvalue weighted by Crippen LogP contribution is 2.36. The fraction of sp³-hybridized carbons (Fsp3) is 0.500. The van der Waals surface area contributed by atoms with Crippen LogP contribution in [-0.4, -0.2) is 35.3 Å². The Morgan fingerprint density at radius 1 is 1.21 bits per heavy atom. The lowest BCUT2D eigenvalue weighted by Gasteiger charge is -2.20. The Hall–Kier alpha value is -2.25. The van der Waals surface area contributed by atoms with Crippen LogP contribution in [0.4, 0.5) is 24.5 Å². The molecule has 24 heavy (non-hydrogen) atoms. The fourth-order valence-corrected chi connectivity index (χ4v) is 2.91. The second kappa shape index (κ2) is 5.99. The van der Waals surface area contributed by atoms with Crippen molar-refractivity contribution < 1.29 is 22.8 Å². The minimum Gasteiger partial charge on any atom is -0.372 e. The fourth-order valence-electron chi connectivity index (χ4n) is 2.91. The van der Waals surface area contributed by atoms with Crippen molar-refractivity contribution in [2.45, 2.75) is 44.4 Å². The van der Waals surface area contributed by atoms with Crippen molar-refractivity contribution in [2.24, 2.45) is 0 Å². The molecular weight excluding hydrogens is 323 g/mol. The maximum atomic E-state index is 12.9. The van der Waals surface area contributed by atoms with E-state index < -0.39 is 23.7 Å². The minimum atomic E-state index is -4.50. The Kier molecular flexibility index (Phi) is 4.15. The number of likely N-dealkylation sites (tertiary alicyclic amines) is 1. The van der Waals surface area contributed by atoms with Gasteiger partial charge in [0.2, 0.25) is 11.8 Å². The van der Waals surface area contributed by atoms with E-state index in [4.69, 9.17) is 0 Å². The molecule has 2 N–H and O–H groups in total. The molecule has 1 aliphatic carbocycles. The summed E-state index contributed by atoms with van der Waals surface area (Å²) in [6, 6.07) is 2.74. The lowest BCUT2D eigenvalue weighted by Crippen LogP contribution is -2.35. The Morgan fingerprint density at radius 2 is 1.92 bits per heavy atom. The zero-order chi connectivity index (χ0) is 17.5. The van der Waals surface area contributed by atoms with E-state index in [0.29, 0.717) is 13.0 Å². The van der Waals surface area contributed by atoms with E-state index >= 15 is 0 Å². The van der Waals surface area contributed by atoms with Gasteiger partial charge in [-0.2, -0.15) is 13.2 Å². The van der Waals surface area contributed by atoms with Crippen LogP contribution in [0.1, 0.15) is 31.7 Å². The van der Waals surface area contributed by atoms with E-state index in [1.807, 2.05) is 0 Å². The summed E-state index contributed by atoms with van der Waals surface area (Å²) in [7, 11) is 0. The number of anilines is 2. The van der Waals surface area contributed by atoms with E-state index in [2.05, 4.69) is 10.6 Å². The van der Waals surface area contributed by atoms with Gasteiger partial charge in [-0.25, -0.2) is 0 Å². The molecule has 5 nitrogen and oxygen atoms in total. The molecular formula is C16H18F3N3O2. The van der Waals surface area contributed by atoms with Gasteiger partial charge in [0.15, 0.2) is 0 Å². The van der Waals surface area contributed by atoms with Crippen LogP contribution < -0.4 is 10.6 Å².